The van der Waals surface area contributed by atoms with E-state index in [0.717, 1.165) is 21.2 Å². The van der Waals surface area contributed by atoms with Crippen molar-refractivity contribution in [3.8, 4) is 16.9 Å². The van der Waals surface area contributed by atoms with E-state index in [9.17, 15) is 8.42 Å². The fourth-order valence-electron chi connectivity index (χ4n) is 2.90. The fraction of sp³-hybridized carbons (Fsp3) is 0.0952. The second-order valence-electron chi connectivity index (χ2n) is 6.43. The summed E-state index contributed by atoms with van der Waals surface area (Å²) in [7, 11) is -0.867. The van der Waals surface area contributed by atoms with Crippen molar-refractivity contribution in [2.75, 3.05) is 14.2 Å². The van der Waals surface area contributed by atoms with Crippen LogP contribution in [0, 0.1) is 0 Å². The lowest BCUT2D eigenvalue weighted by Crippen LogP contribution is -2.22. The fourth-order valence-corrected chi connectivity index (χ4v) is 3.86. The van der Waals surface area contributed by atoms with Crippen LogP contribution in [-0.4, -0.2) is 47.6 Å². The lowest BCUT2D eigenvalue weighted by Gasteiger charge is -2.13. The largest absolute Gasteiger partial charge is 0.497 e. The van der Waals surface area contributed by atoms with Crippen molar-refractivity contribution in [3.05, 3.63) is 79.0 Å². The summed E-state index contributed by atoms with van der Waals surface area (Å²) in [6.07, 6.45) is 8.52. The molecule has 0 radical (unpaired) electrons. The maximum Gasteiger partial charge on any atom is 0.278 e. The molecule has 30 heavy (non-hydrogen) atoms. The van der Waals surface area contributed by atoms with Crippen molar-refractivity contribution in [1.29, 1.82) is 0 Å². The van der Waals surface area contributed by atoms with Gasteiger partial charge < -0.3 is 4.74 Å². The SMILES string of the molecule is COc1ccc(S(=O)(=O)N(C)/N=C/c2cnc3ccc(-c4cccnc4)cn23)cc1. The zero-order valence-electron chi connectivity index (χ0n) is 16.4. The second kappa shape index (κ2) is 7.96. The Morgan fingerprint density at radius 2 is 1.87 bits per heavy atom. The molecule has 0 fully saturated rings. The predicted octanol–water partition coefficient (Wildman–Crippen LogP) is 3.06. The molecule has 0 aliphatic rings. The number of hydrazone groups is 1. The molecule has 0 saturated carbocycles. The average molecular weight is 421 g/mol. The Balaban J connectivity index is 1.62. The summed E-state index contributed by atoms with van der Waals surface area (Å²) in [6.45, 7) is 0. The normalized spacial score (nSPS) is 11.8. The topological polar surface area (TPSA) is 89.2 Å². The van der Waals surface area contributed by atoms with Gasteiger partial charge in [0.1, 0.15) is 11.4 Å². The standard InChI is InChI=1S/C21H19N5O3S/c1-25(30(27,28)20-8-6-19(29-2)7-9-20)24-14-18-13-23-21-10-5-17(15-26(18)21)16-4-3-11-22-12-16/h3-15H,1-2H3/b24-14+. The Labute approximate surface area is 174 Å². The third kappa shape index (κ3) is 3.74. The van der Waals surface area contributed by atoms with Gasteiger partial charge in [-0.3, -0.25) is 9.38 Å². The molecular formula is C21H19N5O3S. The number of ether oxygens (including phenoxy) is 1. The van der Waals surface area contributed by atoms with E-state index < -0.39 is 10.0 Å². The van der Waals surface area contributed by atoms with Crippen LogP contribution in [0.1, 0.15) is 5.69 Å². The first-order valence-corrected chi connectivity index (χ1v) is 10.5. The van der Waals surface area contributed by atoms with Crippen LogP contribution < -0.4 is 4.74 Å². The number of methoxy groups -OCH3 is 1. The first kappa shape index (κ1) is 19.6. The van der Waals surface area contributed by atoms with Crippen molar-refractivity contribution >= 4 is 21.9 Å². The number of imidazole rings is 1. The van der Waals surface area contributed by atoms with E-state index in [0.29, 0.717) is 11.4 Å². The Kier molecular flexibility index (Phi) is 5.20. The molecule has 0 aliphatic carbocycles. The number of pyridine rings is 2. The Hall–Kier alpha value is -3.72. The van der Waals surface area contributed by atoms with Gasteiger partial charge in [0.25, 0.3) is 10.0 Å². The van der Waals surface area contributed by atoms with Crippen LogP contribution in [-0.2, 0) is 10.0 Å². The molecule has 0 atom stereocenters. The summed E-state index contributed by atoms with van der Waals surface area (Å²) < 4.78 is 33.3. The number of rotatable bonds is 6. The van der Waals surface area contributed by atoms with Crippen molar-refractivity contribution < 1.29 is 13.2 Å². The van der Waals surface area contributed by atoms with Crippen molar-refractivity contribution in [2.45, 2.75) is 4.90 Å². The molecule has 4 rings (SSSR count). The van der Waals surface area contributed by atoms with Gasteiger partial charge in [-0.05, 0) is 42.5 Å². The molecule has 3 heterocycles. The smallest absolute Gasteiger partial charge is 0.278 e. The van der Waals surface area contributed by atoms with Gasteiger partial charge in [0.2, 0.25) is 0 Å². The third-order valence-corrected chi connectivity index (χ3v) is 6.24. The highest BCUT2D eigenvalue weighted by Crippen LogP contribution is 2.20. The molecular weight excluding hydrogens is 402 g/mol. The van der Waals surface area contributed by atoms with Crippen LogP contribution >= 0.6 is 0 Å². The van der Waals surface area contributed by atoms with Gasteiger partial charge in [0, 0.05) is 36.8 Å². The van der Waals surface area contributed by atoms with Gasteiger partial charge in [-0.2, -0.15) is 17.9 Å². The molecule has 1 aromatic carbocycles. The van der Waals surface area contributed by atoms with Crippen molar-refractivity contribution in [3.63, 3.8) is 0 Å². The van der Waals surface area contributed by atoms with Gasteiger partial charge in [-0.1, -0.05) is 6.07 Å². The zero-order valence-corrected chi connectivity index (χ0v) is 17.2. The Morgan fingerprint density at radius 3 is 2.57 bits per heavy atom. The third-order valence-electron chi connectivity index (χ3n) is 4.59. The van der Waals surface area contributed by atoms with Gasteiger partial charge >= 0.3 is 0 Å². The number of benzene rings is 1. The van der Waals surface area contributed by atoms with Crippen LogP contribution in [0.15, 0.2) is 83.3 Å². The molecule has 8 nitrogen and oxygen atoms in total. The first-order chi connectivity index (χ1) is 14.5. The van der Waals surface area contributed by atoms with E-state index in [1.807, 2.05) is 34.9 Å². The minimum absolute atomic E-state index is 0.125. The highest BCUT2D eigenvalue weighted by molar-refractivity contribution is 7.89. The van der Waals surface area contributed by atoms with Crippen molar-refractivity contribution in [1.82, 2.24) is 18.8 Å². The van der Waals surface area contributed by atoms with Gasteiger partial charge in [0.05, 0.1) is 30.1 Å². The molecule has 0 N–H and O–H groups in total. The summed E-state index contributed by atoms with van der Waals surface area (Å²) >= 11 is 0. The van der Waals surface area contributed by atoms with Crippen LogP contribution in [0.3, 0.4) is 0 Å². The van der Waals surface area contributed by atoms with Crippen LogP contribution in [0.2, 0.25) is 0 Å². The second-order valence-corrected chi connectivity index (χ2v) is 8.38. The number of sulfonamides is 1. The number of hydrogen-bond donors (Lipinski definition) is 0. The van der Waals surface area contributed by atoms with Crippen LogP contribution in [0.5, 0.6) is 5.75 Å². The molecule has 0 bridgehead atoms. The summed E-state index contributed by atoms with van der Waals surface area (Å²) in [5.74, 6) is 0.579. The highest BCUT2D eigenvalue weighted by Gasteiger charge is 2.19. The number of fused-ring (bicyclic) bond motifs is 1. The van der Waals surface area contributed by atoms with Crippen LogP contribution in [0.25, 0.3) is 16.8 Å². The summed E-state index contributed by atoms with van der Waals surface area (Å²) in [5.41, 5.74) is 3.30. The van der Waals surface area contributed by atoms with E-state index in [1.54, 1.807) is 30.7 Å². The molecule has 0 saturated heterocycles. The minimum Gasteiger partial charge on any atom is -0.497 e. The van der Waals surface area contributed by atoms with E-state index >= 15 is 0 Å². The average Bonchev–Trinajstić information content (AvgIpc) is 3.20. The highest BCUT2D eigenvalue weighted by atomic mass is 32.2. The maximum atomic E-state index is 12.7. The molecule has 9 heteroatoms. The van der Waals surface area contributed by atoms with Gasteiger partial charge in [0.15, 0.2) is 0 Å². The number of hydrogen-bond acceptors (Lipinski definition) is 6. The lowest BCUT2D eigenvalue weighted by molar-refractivity contribution is 0.414. The predicted molar refractivity (Wildman–Crippen MR) is 114 cm³/mol. The minimum atomic E-state index is -3.78. The van der Waals surface area contributed by atoms with E-state index in [1.165, 1.54) is 32.5 Å². The van der Waals surface area contributed by atoms with Gasteiger partial charge in [-0.15, -0.1) is 0 Å². The summed E-state index contributed by atoms with van der Waals surface area (Å²) in [6, 6.07) is 13.8. The molecule has 0 amide bonds. The Morgan fingerprint density at radius 1 is 1.07 bits per heavy atom. The molecule has 0 unspecified atom stereocenters. The Bertz CT molecular complexity index is 1300. The lowest BCUT2D eigenvalue weighted by atomic mass is 10.1. The van der Waals surface area contributed by atoms with Crippen molar-refractivity contribution in [2.24, 2.45) is 5.10 Å². The first-order valence-electron chi connectivity index (χ1n) is 9.03. The molecule has 152 valence electrons. The molecule has 4 aromatic rings. The van der Waals surface area contributed by atoms with E-state index in [4.69, 9.17) is 4.74 Å². The zero-order chi connectivity index (χ0) is 21.1. The monoisotopic (exact) mass is 421 g/mol. The van der Waals surface area contributed by atoms with Gasteiger partial charge in [-0.25, -0.2) is 4.98 Å². The molecule has 0 aliphatic heterocycles. The number of aromatic nitrogens is 3. The van der Waals surface area contributed by atoms with E-state index in [2.05, 4.69) is 15.1 Å². The summed E-state index contributed by atoms with van der Waals surface area (Å²) in [5, 5.41) is 4.13. The maximum absolute atomic E-state index is 12.7. The number of nitrogens with zero attached hydrogens (tertiary/aromatic N) is 5. The van der Waals surface area contributed by atoms with Crippen LogP contribution in [0.4, 0.5) is 0 Å². The summed E-state index contributed by atoms with van der Waals surface area (Å²) in [4.78, 5) is 8.61. The van der Waals surface area contributed by atoms with E-state index in [-0.39, 0.29) is 4.90 Å². The quantitative estimate of drug-likeness (QED) is 0.353. The molecule has 0 spiro atoms. The molecule has 3 aromatic heterocycles.